The van der Waals surface area contributed by atoms with Crippen LogP contribution in [0.1, 0.15) is 37.9 Å². The van der Waals surface area contributed by atoms with E-state index >= 15 is 0 Å². The number of ether oxygens (including phenoxy) is 1. The molecule has 1 aromatic carbocycles. The van der Waals surface area contributed by atoms with E-state index in [0.717, 1.165) is 30.2 Å². The maximum Gasteiger partial charge on any atom is 0.144 e. The topological polar surface area (TPSA) is 47.0 Å². The molecule has 1 N–H and O–H groups in total. The van der Waals surface area contributed by atoms with Gasteiger partial charge in [-0.15, -0.1) is 0 Å². The van der Waals surface area contributed by atoms with Gasteiger partial charge >= 0.3 is 0 Å². The first-order valence-electron chi connectivity index (χ1n) is 7.58. The first-order chi connectivity index (χ1) is 10.3. The van der Waals surface area contributed by atoms with Gasteiger partial charge in [-0.3, -0.25) is 4.98 Å². The summed E-state index contributed by atoms with van der Waals surface area (Å²) < 4.78 is 5.73. The van der Waals surface area contributed by atoms with E-state index in [1.807, 2.05) is 19.1 Å². The molecule has 0 aliphatic carbocycles. The molecule has 0 fully saturated rings. The molecule has 4 nitrogen and oxygen atoms in total. The van der Waals surface area contributed by atoms with Crippen molar-refractivity contribution in [3.05, 3.63) is 47.9 Å². The smallest absolute Gasteiger partial charge is 0.144 e. The molecule has 0 spiro atoms. The molecule has 0 saturated heterocycles. The predicted molar refractivity (Wildman–Crippen MR) is 85.6 cm³/mol. The van der Waals surface area contributed by atoms with Crippen molar-refractivity contribution in [3.8, 4) is 5.75 Å². The van der Waals surface area contributed by atoms with Gasteiger partial charge in [-0.25, -0.2) is 4.98 Å². The molecule has 0 aliphatic heterocycles. The Morgan fingerprint density at radius 2 is 1.86 bits per heavy atom. The monoisotopic (exact) mass is 285 g/mol. The Hall–Kier alpha value is -2.10. The second-order valence-corrected chi connectivity index (χ2v) is 4.96. The van der Waals surface area contributed by atoms with Gasteiger partial charge in [0.25, 0.3) is 0 Å². The van der Waals surface area contributed by atoms with Crippen LogP contribution in [0.25, 0.3) is 0 Å². The summed E-state index contributed by atoms with van der Waals surface area (Å²) in [6, 6.07) is 8.30. The number of anilines is 1. The second kappa shape index (κ2) is 8.25. The van der Waals surface area contributed by atoms with E-state index in [9.17, 15) is 0 Å². The Kier molecular flexibility index (Phi) is 6.00. The second-order valence-electron chi connectivity index (χ2n) is 4.96. The summed E-state index contributed by atoms with van der Waals surface area (Å²) in [6.07, 6.45) is 7.06. The third kappa shape index (κ3) is 5.06. The molecule has 112 valence electrons. The fourth-order valence-electron chi connectivity index (χ4n) is 1.99. The highest BCUT2D eigenvalue weighted by atomic mass is 16.5. The molecule has 0 aliphatic rings. The summed E-state index contributed by atoms with van der Waals surface area (Å²) in [4.78, 5) is 8.60. The molecule has 2 rings (SSSR count). The molecule has 1 aromatic heterocycles. The van der Waals surface area contributed by atoms with E-state index < -0.39 is 0 Å². The van der Waals surface area contributed by atoms with Gasteiger partial charge in [-0.05, 0) is 37.5 Å². The maximum atomic E-state index is 5.73. The van der Waals surface area contributed by atoms with E-state index in [2.05, 4.69) is 34.3 Å². The number of rotatable bonds is 8. The largest absolute Gasteiger partial charge is 0.487 e. The molecule has 0 atom stereocenters. The third-order valence-corrected chi connectivity index (χ3v) is 3.19. The van der Waals surface area contributed by atoms with Crippen molar-refractivity contribution < 1.29 is 4.74 Å². The zero-order valence-corrected chi connectivity index (χ0v) is 12.8. The van der Waals surface area contributed by atoms with Crippen molar-refractivity contribution in [2.24, 2.45) is 0 Å². The van der Waals surface area contributed by atoms with Crippen LogP contribution in [0.2, 0.25) is 0 Å². The number of hydrogen-bond donors (Lipinski definition) is 1. The van der Waals surface area contributed by atoms with Gasteiger partial charge in [0.15, 0.2) is 0 Å². The van der Waals surface area contributed by atoms with Crippen LogP contribution in [0.4, 0.5) is 5.82 Å². The van der Waals surface area contributed by atoms with E-state index in [0.29, 0.717) is 6.61 Å². The van der Waals surface area contributed by atoms with E-state index in [1.165, 1.54) is 18.4 Å². The minimum atomic E-state index is 0.438. The van der Waals surface area contributed by atoms with Crippen LogP contribution in [-0.2, 0) is 13.0 Å². The molecular weight excluding hydrogens is 262 g/mol. The minimum Gasteiger partial charge on any atom is -0.487 e. The average Bonchev–Trinajstić information content (AvgIpc) is 2.53. The molecular formula is C17H23N3O. The fraction of sp³-hybridized carbons (Fsp3) is 0.412. The van der Waals surface area contributed by atoms with Gasteiger partial charge in [0, 0.05) is 6.54 Å². The molecule has 4 heteroatoms. The predicted octanol–water partition coefficient (Wildman–Crippen LogP) is 3.83. The van der Waals surface area contributed by atoms with Crippen LogP contribution in [0, 0.1) is 0 Å². The Morgan fingerprint density at radius 3 is 2.48 bits per heavy atom. The zero-order valence-electron chi connectivity index (χ0n) is 12.8. The summed E-state index contributed by atoms with van der Waals surface area (Å²) in [5.74, 6) is 1.66. The van der Waals surface area contributed by atoms with Crippen LogP contribution in [0.5, 0.6) is 5.75 Å². The number of hydrogen-bond acceptors (Lipinski definition) is 4. The first kappa shape index (κ1) is 15.3. The molecule has 0 radical (unpaired) electrons. The number of aryl methyl sites for hydroxylation is 1. The van der Waals surface area contributed by atoms with Crippen molar-refractivity contribution in [2.45, 2.75) is 39.7 Å². The molecule has 21 heavy (non-hydrogen) atoms. The number of aromatic nitrogens is 2. The highest BCUT2D eigenvalue weighted by Gasteiger charge is 2.00. The van der Waals surface area contributed by atoms with Crippen molar-refractivity contribution >= 4 is 5.82 Å². The maximum absolute atomic E-state index is 5.73. The van der Waals surface area contributed by atoms with Crippen LogP contribution in [0.3, 0.4) is 0 Å². The highest BCUT2D eigenvalue weighted by molar-refractivity contribution is 5.31. The van der Waals surface area contributed by atoms with E-state index in [-0.39, 0.29) is 0 Å². The van der Waals surface area contributed by atoms with Gasteiger partial charge in [0.2, 0.25) is 0 Å². The Morgan fingerprint density at radius 1 is 1.05 bits per heavy atom. The van der Waals surface area contributed by atoms with Crippen LogP contribution in [-0.4, -0.2) is 16.5 Å². The van der Waals surface area contributed by atoms with Gasteiger partial charge in [0.05, 0.1) is 18.1 Å². The van der Waals surface area contributed by atoms with Crippen LogP contribution < -0.4 is 10.1 Å². The molecule has 2 aromatic rings. The molecule has 0 saturated carbocycles. The van der Waals surface area contributed by atoms with Crippen molar-refractivity contribution in [3.63, 3.8) is 0 Å². The summed E-state index contributed by atoms with van der Waals surface area (Å²) in [7, 11) is 0. The standard InChI is InChI=1S/C17H23N3O/c1-3-5-6-14-7-9-16(10-8-14)21-13-15-11-20-17(12-19-15)18-4-2/h7-12H,3-6,13H2,1-2H3,(H,18,20). The first-order valence-corrected chi connectivity index (χ1v) is 7.58. The van der Waals surface area contributed by atoms with E-state index in [1.54, 1.807) is 12.4 Å². The van der Waals surface area contributed by atoms with Crippen molar-refractivity contribution in [2.75, 3.05) is 11.9 Å². The number of nitrogens with zero attached hydrogens (tertiary/aromatic N) is 2. The molecule has 0 unspecified atom stereocenters. The SMILES string of the molecule is CCCCc1ccc(OCc2cnc(NCC)cn2)cc1. The third-order valence-electron chi connectivity index (χ3n) is 3.19. The number of benzene rings is 1. The average molecular weight is 285 g/mol. The normalized spacial score (nSPS) is 10.4. The minimum absolute atomic E-state index is 0.438. The zero-order chi connectivity index (χ0) is 14.9. The molecule has 1 heterocycles. The van der Waals surface area contributed by atoms with Gasteiger partial charge < -0.3 is 10.1 Å². The highest BCUT2D eigenvalue weighted by Crippen LogP contribution is 2.15. The van der Waals surface area contributed by atoms with Crippen LogP contribution in [0.15, 0.2) is 36.7 Å². The van der Waals surface area contributed by atoms with Crippen molar-refractivity contribution in [1.82, 2.24) is 9.97 Å². The fourth-order valence-corrected chi connectivity index (χ4v) is 1.99. The summed E-state index contributed by atoms with van der Waals surface area (Å²) >= 11 is 0. The van der Waals surface area contributed by atoms with E-state index in [4.69, 9.17) is 4.74 Å². The lowest BCUT2D eigenvalue weighted by molar-refractivity contribution is 0.300. The number of unbranched alkanes of at least 4 members (excludes halogenated alkanes) is 1. The lowest BCUT2D eigenvalue weighted by atomic mass is 10.1. The Bertz CT molecular complexity index is 523. The summed E-state index contributed by atoms with van der Waals surface area (Å²) in [5.41, 5.74) is 2.19. The lowest BCUT2D eigenvalue weighted by Crippen LogP contribution is -2.03. The lowest BCUT2D eigenvalue weighted by Gasteiger charge is -2.07. The number of nitrogens with one attached hydrogen (secondary N) is 1. The molecule has 0 amide bonds. The van der Waals surface area contributed by atoms with Crippen LogP contribution >= 0.6 is 0 Å². The Balaban J connectivity index is 1.84. The molecule has 0 bridgehead atoms. The van der Waals surface area contributed by atoms with Gasteiger partial charge in [-0.2, -0.15) is 0 Å². The summed E-state index contributed by atoms with van der Waals surface area (Å²) in [6.45, 7) is 5.52. The summed E-state index contributed by atoms with van der Waals surface area (Å²) in [5, 5.41) is 3.12. The Labute approximate surface area is 126 Å². The van der Waals surface area contributed by atoms with Crippen molar-refractivity contribution in [1.29, 1.82) is 0 Å². The van der Waals surface area contributed by atoms with Gasteiger partial charge in [0.1, 0.15) is 18.2 Å². The quantitative estimate of drug-likeness (QED) is 0.800. The van der Waals surface area contributed by atoms with Gasteiger partial charge in [-0.1, -0.05) is 25.5 Å².